The number of anilines is 1. The third kappa shape index (κ3) is 1.73. The second kappa shape index (κ2) is 4.33. The number of hydrogen-bond acceptors (Lipinski definition) is 2. The summed E-state index contributed by atoms with van der Waals surface area (Å²) < 4.78 is 0. The van der Waals surface area contributed by atoms with Crippen LogP contribution in [0.1, 0.15) is 30.4 Å². The van der Waals surface area contributed by atoms with Crippen LogP contribution in [-0.2, 0) is 17.8 Å². The van der Waals surface area contributed by atoms with Crippen LogP contribution in [-0.4, -0.2) is 12.5 Å². The molecule has 3 fully saturated rings. The van der Waals surface area contributed by atoms with Gasteiger partial charge in [0, 0.05) is 18.2 Å². The molecule has 2 bridgehead atoms. The normalized spacial score (nSPS) is 38.8. The Balaban J connectivity index is 1.36. The second-order valence-corrected chi connectivity index (χ2v) is 7.37. The van der Waals surface area contributed by atoms with E-state index in [2.05, 4.69) is 28.8 Å². The Labute approximate surface area is 125 Å². The summed E-state index contributed by atoms with van der Waals surface area (Å²) >= 11 is 0. The van der Waals surface area contributed by atoms with Gasteiger partial charge < -0.3 is 10.6 Å². The van der Waals surface area contributed by atoms with Gasteiger partial charge in [0.2, 0.25) is 5.91 Å². The molecule has 4 atom stereocenters. The van der Waals surface area contributed by atoms with Crippen LogP contribution in [0, 0.1) is 29.6 Å². The fourth-order valence-corrected chi connectivity index (χ4v) is 5.54. The molecule has 5 rings (SSSR count). The molecule has 4 unspecified atom stereocenters. The Morgan fingerprint density at radius 3 is 2.81 bits per heavy atom. The third-order valence-electron chi connectivity index (χ3n) is 6.44. The fourth-order valence-electron chi connectivity index (χ4n) is 5.54. The summed E-state index contributed by atoms with van der Waals surface area (Å²) in [5, 5.41) is 6.66. The van der Waals surface area contributed by atoms with Crippen molar-refractivity contribution in [3.63, 3.8) is 0 Å². The van der Waals surface area contributed by atoms with Gasteiger partial charge in [-0.25, -0.2) is 0 Å². The molecule has 1 aromatic rings. The highest BCUT2D eigenvalue weighted by Gasteiger charge is 2.67. The fraction of sp³-hybridized carbons (Fsp3) is 0.611. The van der Waals surface area contributed by atoms with Crippen molar-refractivity contribution in [3.05, 3.63) is 29.3 Å². The van der Waals surface area contributed by atoms with Gasteiger partial charge in [0.25, 0.3) is 0 Å². The first kappa shape index (κ1) is 12.2. The number of amides is 1. The molecule has 3 nitrogen and oxygen atoms in total. The van der Waals surface area contributed by atoms with Gasteiger partial charge in [-0.2, -0.15) is 0 Å². The van der Waals surface area contributed by atoms with E-state index in [1.54, 1.807) is 0 Å². The summed E-state index contributed by atoms with van der Waals surface area (Å²) in [7, 11) is 0. The van der Waals surface area contributed by atoms with Crippen molar-refractivity contribution in [1.29, 1.82) is 0 Å². The summed E-state index contributed by atoms with van der Waals surface area (Å²) in [5.41, 5.74) is 3.75. The zero-order chi connectivity index (χ0) is 14.0. The van der Waals surface area contributed by atoms with Crippen molar-refractivity contribution < 1.29 is 4.79 Å². The predicted molar refractivity (Wildman–Crippen MR) is 81.8 cm³/mol. The molecule has 110 valence electrons. The Kier molecular flexibility index (Phi) is 2.52. The number of nitrogens with one attached hydrogen (secondary N) is 2. The lowest BCUT2D eigenvalue weighted by molar-refractivity contribution is -0.118. The van der Waals surface area contributed by atoms with Crippen molar-refractivity contribution in [3.8, 4) is 0 Å². The summed E-state index contributed by atoms with van der Waals surface area (Å²) in [4.78, 5) is 12.7. The molecule has 1 amide bonds. The lowest BCUT2D eigenvalue weighted by atomic mass is 9.98. The van der Waals surface area contributed by atoms with Crippen LogP contribution in [0.25, 0.3) is 0 Å². The third-order valence-corrected chi connectivity index (χ3v) is 6.44. The maximum Gasteiger partial charge on any atom is 0.228 e. The molecular formula is C18H22N2O. The molecule has 2 N–H and O–H groups in total. The first-order valence-corrected chi connectivity index (χ1v) is 8.45. The van der Waals surface area contributed by atoms with Gasteiger partial charge in [-0.15, -0.1) is 0 Å². The maximum atomic E-state index is 12.7. The molecule has 4 aliphatic rings. The second-order valence-electron chi connectivity index (χ2n) is 7.37. The van der Waals surface area contributed by atoms with Crippen LogP contribution in [0.4, 0.5) is 5.69 Å². The van der Waals surface area contributed by atoms with Crippen LogP contribution in [0.5, 0.6) is 0 Å². The number of carbonyl (C=O) groups is 1. The van der Waals surface area contributed by atoms with Crippen LogP contribution >= 0.6 is 0 Å². The Bertz CT molecular complexity index is 595. The topological polar surface area (TPSA) is 41.1 Å². The summed E-state index contributed by atoms with van der Waals surface area (Å²) in [6.07, 6.45) is 5.18. The van der Waals surface area contributed by atoms with Crippen molar-refractivity contribution in [2.24, 2.45) is 29.6 Å². The van der Waals surface area contributed by atoms with E-state index in [1.807, 2.05) is 0 Å². The quantitative estimate of drug-likeness (QED) is 0.875. The summed E-state index contributed by atoms with van der Waals surface area (Å²) in [5.74, 6) is 3.81. The van der Waals surface area contributed by atoms with Gasteiger partial charge in [-0.05, 0) is 73.1 Å². The summed E-state index contributed by atoms with van der Waals surface area (Å²) in [6.45, 7) is 1.94. The van der Waals surface area contributed by atoms with Crippen molar-refractivity contribution >= 4 is 11.6 Å². The Morgan fingerprint density at radius 2 is 2.00 bits per heavy atom. The van der Waals surface area contributed by atoms with E-state index in [9.17, 15) is 4.79 Å². The zero-order valence-corrected chi connectivity index (χ0v) is 12.3. The Morgan fingerprint density at radius 1 is 1.19 bits per heavy atom. The molecule has 0 spiro atoms. The van der Waals surface area contributed by atoms with Gasteiger partial charge in [0.05, 0.1) is 0 Å². The molecule has 1 aromatic carbocycles. The smallest absolute Gasteiger partial charge is 0.228 e. The number of fused-ring (bicyclic) bond motifs is 6. The van der Waals surface area contributed by atoms with E-state index < -0.39 is 0 Å². The van der Waals surface area contributed by atoms with Crippen molar-refractivity contribution in [2.75, 3.05) is 11.9 Å². The molecule has 0 saturated heterocycles. The van der Waals surface area contributed by atoms with E-state index in [0.29, 0.717) is 11.8 Å². The average Bonchev–Trinajstić information content (AvgIpc) is 2.96. The van der Waals surface area contributed by atoms with E-state index in [0.717, 1.165) is 48.9 Å². The van der Waals surface area contributed by atoms with E-state index in [1.165, 1.54) is 30.4 Å². The SMILES string of the molecule is O=C(Nc1cccc2c1CCNC2)C1C2C3CCC(C3)C12. The van der Waals surface area contributed by atoms with Gasteiger partial charge >= 0.3 is 0 Å². The lowest BCUT2D eigenvalue weighted by Gasteiger charge is -2.21. The van der Waals surface area contributed by atoms with Crippen molar-refractivity contribution in [1.82, 2.24) is 5.32 Å². The molecule has 0 radical (unpaired) electrons. The van der Waals surface area contributed by atoms with Crippen LogP contribution in [0.3, 0.4) is 0 Å². The van der Waals surface area contributed by atoms with Crippen LogP contribution < -0.4 is 10.6 Å². The maximum absolute atomic E-state index is 12.7. The Hall–Kier alpha value is -1.35. The minimum Gasteiger partial charge on any atom is -0.326 e. The molecule has 21 heavy (non-hydrogen) atoms. The minimum absolute atomic E-state index is 0.300. The monoisotopic (exact) mass is 282 g/mol. The van der Waals surface area contributed by atoms with Gasteiger partial charge in [0.15, 0.2) is 0 Å². The standard InChI is InChI=1S/C18H22N2O/c21-18(17-15-10-4-5-11(8-10)16(15)17)20-14-3-1-2-12-9-19-7-6-13(12)14/h1-3,10-11,15-17,19H,4-9H2,(H,20,21). The predicted octanol–water partition coefficient (Wildman–Crippen LogP) is 2.56. The highest BCUT2D eigenvalue weighted by Crippen LogP contribution is 2.69. The van der Waals surface area contributed by atoms with Crippen LogP contribution in [0.15, 0.2) is 18.2 Å². The lowest BCUT2D eigenvalue weighted by Crippen LogP contribution is -2.26. The minimum atomic E-state index is 0.300. The van der Waals surface area contributed by atoms with E-state index >= 15 is 0 Å². The molecular weight excluding hydrogens is 260 g/mol. The van der Waals surface area contributed by atoms with Crippen LogP contribution in [0.2, 0.25) is 0 Å². The number of carbonyl (C=O) groups excluding carboxylic acids is 1. The first-order valence-electron chi connectivity index (χ1n) is 8.45. The number of hydrogen-bond donors (Lipinski definition) is 2. The molecule has 3 heteroatoms. The molecule has 0 aromatic heterocycles. The van der Waals surface area contributed by atoms with Crippen molar-refractivity contribution in [2.45, 2.75) is 32.2 Å². The van der Waals surface area contributed by atoms with Gasteiger partial charge in [-0.3, -0.25) is 4.79 Å². The highest BCUT2D eigenvalue weighted by molar-refractivity contribution is 5.96. The molecule has 3 aliphatic carbocycles. The summed E-state index contributed by atoms with van der Waals surface area (Å²) in [6, 6.07) is 6.32. The number of benzene rings is 1. The molecule has 1 heterocycles. The highest BCUT2D eigenvalue weighted by atomic mass is 16.2. The van der Waals surface area contributed by atoms with Gasteiger partial charge in [0.1, 0.15) is 0 Å². The van der Waals surface area contributed by atoms with E-state index in [4.69, 9.17) is 0 Å². The largest absolute Gasteiger partial charge is 0.326 e. The van der Waals surface area contributed by atoms with E-state index in [-0.39, 0.29) is 0 Å². The first-order chi connectivity index (χ1) is 10.3. The zero-order valence-electron chi connectivity index (χ0n) is 12.3. The number of rotatable bonds is 2. The molecule has 1 aliphatic heterocycles. The van der Waals surface area contributed by atoms with Gasteiger partial charge in [-0.1, -0.05) is 12.1 Å². The average molecular weight is 282 g/mol. The molecule has 3 saturated carbocycles.